The molecule has 0 amide bonds. The molecule has 0 fully saturated rings. The average Bonchev–Trinajstić information content (AvgIpc) is 3.35. The van der Waals surface area contributed by atoms with Crippen LogP contribution in [-0.4, -0.2) is 4.68 Å². The fraction of sp³-hybridized carbons (Fsp3) is 0. The molecule has 9 aromatic rings. The summed E-state index contributed by atoms with van der Waals surface area (Å²) < 4.78 is 1.74. The number of rotatable bonds is 13. The van der Waals surface area contributed by atoms with Gasteiger partial charge in [0, 0.05) is 0 Å². The number of hydrogen-bond donors (Lipinski definition) is 0. The van der Waals surface area contributed by atoms with Gasteiger partial charge in [-0.15, -0.1) is 0 Å². The van der Waals surface area contributed by atoms with E-state index in [1.54, 1.807) is 4.68 Å². The van der Waals surface area contributed by atoms with Gasteiger partial charge in [-0.2, -0.15) is 0 Å². The van der Waals surface area contributed by atoms with Crippen LogP contribution >= 0.6 is 16.1 Å². The maximum atomic E-state index is 17.1. The van der Waals surface area contributed by atoms with Crippen molar-refractivity contribution in [3.63, 3.8) is 0 Å². The number of hydrogen-bond acceptors (Lipinski definition) is 1. The number of carbonyl (C=O) groups excluding carboxylic acids is 1. The summed E-state index contributed by atoms with van der Waals surface area (Å²) in [6.07, 6.45) is 0. The van der Waals surface area contributed by atoms with Gasteiger partial charge in [-0.05, 0) is 0 Å². The van der Waals surface area contributed by atoms with E-state index in [2.05, 4.69) is 273 Å². The second-order valence-electron chi connectivity index (χ2n) is 14.7. The van der Waals surface area contributed by atoms with Crippen molar-refractivity contribution in [2.24, 2.45) is 0 Å². The van der Waals surface area contributed by atoms with Crippen molar-refractivity contribution >= 4 is 68.5 Å². The molecule has 0 aliphatic rings. The Labute approximate surface area is 358 Å². The standard InChI is InChI=1S/3C18H15P.CHO.Pt/c3*1-4-10-16(11-5-1)19(17-12-6-2-7-13-17)18-14-8-3-9-15-18;1-2;/h3*1-15H;1H;/q;;;;-3/p+3. The Morgan fingerprint density at radius 3 is 0.433 bits per heavy atom. The zero-order valence-electron chi connectivity index (χ0n) is 33.3. The zero-order chi connectivity index (χ0) is 40.7. The summed E-state index contributed by atoms with van der Waals surface area (Å²) in [6, 6.07) is 102. The molecule has 0 N–H and O–H groups in total. The Hall–Kier alpha value is -5.37. The number of carbonyl (C=O) groups is 1. The van der Waals surface area contributed by atoms with Gasteiger partial charge in [0.15, 0.2) is 0 Å². The van der Waals surface area contributed by atoms with Gasteiger partial charge < -0.3 is 0 Å². The first-order valence-corrected chi connectivity index (χ1v) is 37.3. The molecule has 0 unspecified atom stereocenters. The van der Waals surface area contributed by atoms with Gasteiger partial charge in [-0.3, -0.25) is 0 Å². The Morgan fingerprint density at radius 1 is 0.217 bits per heavy atom. The Balaban J connectivity index is 1.74. The van der Waals surface area contributed by atoms with Crippen molar-refractivity contribution in [1.82, 2.24) is 0 Å². The predicted octanol–water partition coefficient (Wildman–Crippen LogP) is 9.25. The van der Waals surface area contributed by atoms with Gasteiger partial charge in [0.2, 0.25) is 0 Å². The first kappa shape index (κ1) is 40.1. The van der Waals surface area contributed by atoms with Crippen molar-refractivity contribution in [2.45, 2.75) is 0 Å². The first-order valence-electron chi connectivity index (χ1n) is 20.3. The molecule has 5 heteroatoms. The van der Waals surface area contributed by atoms with Crippen LogP contribution in [0.25, 0.3) is 0 Å². The summed E-state index contributed by atoms with van der Waals surface area (Å²) in [6.45, 7) is 0. The second-order valence-corrected chi connectivity index (χ2v) is 63.1. The van der Waals surface area contributed by atoms with Gasteiger partial charge in [0.05, 0.1) is 0 Å². The minimum absolute atomic E-state index is 1.28. The van der Waals surface area contributed by atoms with Crippen LogP contribution in [0, 0.1) is 0 Å². The molecular formula is C55H49OP3Pt. The quantitative estimate of drug-likeness (QED) is 0.0833. The summed E-state index contributed by atoms with van der Waals surface area (Å²) in [7, 11) is 0. The topological polar surface area (TPSA) is 17.1 Å². The maximum absolute atomic E-state index is 17.1. The van der Waals surface area contributed by atoms with E-state index in [1.165, 1.54) is 47.7 Å². The van der Waals surface area contributed by atoms with E-state index in [9.17, 15) is 0 Å². The summed E-state index contributed by atoms with van der Waals surface area (Å²) in [4.78, 5) is 17.1. The van der Waals surface area contributed by atoms with Gasteiger partial charge in [-0.25, -0.2) is 0 Å². The van der Waals surface area contributed by atoms with E-state index in [1.807, 2.05) is 0 Å². The van der Waals surface area contributed by atoms with E-state index in [0.29, 0.717) is 0 Å². The molecule has 300 valence electrons. The summed E-state index contributed by atoms with van der Waals surface area (Å²) in [5.41, 5.74) is 0. The molecule has 1 nitrogen and oxygen atoms in total. The summed E-state index contributed by atoms with van der Waals surface area (Å²) in [5, 5.41) is 0.640. The van der Waals surface area contributed by atoms with Crippen molar-refractivity contribution in [2.75, 3.05) is 0 Å². The minimum atomic E-state index is -4.91. The molecule has 0 saturated heterocycles. The van der Waals surface area contributed by atoms with E-state index >= 15 is 4.79 Å². The predicted molar refractivity (Wildman–Crippen MR) is 266 cm³/mol. The van der Waals surface area contributed by atoms with Crippen LogP contribution in [0.15, 0.2) is 273 Å². The Kier molecular flexibility index (Phi) is 11.8. The van der Waals surface area contributed by atoms with Crippen molar-refractivity contribution in [3.8, 4) is 0 Å². The number of benzene rings is 9. The molecule has 9 aromatic carbocycles. The third-order valence-corrected chi connectivity index (χ3v) is 103. The van der Waals surface area contributed by atoms with Crippen LogP contribution in [-0.2, 0) is 19.3 Å². The fourth-order valence-corrected chi connectivity index (χ4v) is 142. The molecule has 0 heterocycles. The molecule has 0 aromatic heterocycles. The Bertz CT molecular complexity index is 2150. The Morgan fingerprint density at radius 2 is 0.333 bits per heavy atom. The van der Waals surface area contributed by atoms with Gasteiger partial charge in [-0.1, -0.05) is 0 Å². The molecule has 0 spiro atoms. The van der Waals surface area contributed by atoms with Crippen LogP contribution in [0.5, 0.6) is 0 Å². The first-order chi connectivity index (χ1) is 29.8. The van der Waals surface area contributed by atoms with Crippen LogP contribution in [0.1, 0.15) is 0 Å². The van der Waals surface area contributed by atoms with Crippen molar-refractivity contribution in [1.29, 1.82) is 0 Å². The third-order valence-electron chi connectivity index (χ3n) is 11.6. The molecule has 0 saturated carbocycles. The normalized spacial score (nSPS) is 14.2. The van der Waals surface area contributed by atoms with Gasteiger partial charge in [0.1, 0.15) is 0 Å². The van der Waals surface area contributed by atoms with E-state index in [-0.39, 0.29) is 0 Å². The molecule has 0 atom stereocenters. The van der Waals surface area contributed by atoms with Crippen LogP contribution < -0.4 is 47.7 Å². The third kappa shape index (κ3) is 6.18. The van der Waals surface area contributed by atoms with E-state index in [0.717, 1.165) is 0 Å². The SMILES string of the molecule is O=[CH][Pt]([PH](c1ccccc1)(c1ccccc1)c1ccccc1)([PH](c1ccccc1)(c1ccccc1)c1ccccc1)[PH](c1ccccc1)(c1ccccc1)c1ccccc1. The summed E-state index contributed by atoms with van der Waals surface area (Å²) in [5.74, 6) is 0. The molecule has 0 aliphatic carbocycles. The molecule has 0 aliphatic heterocycles. The second kappa shape index (κ2) is 17.7. The molecule has 0 radical (unpaired) electrons. The molecule has 60 heavy (non-hydrogen) atoms. The zero-order valence-corrected chi connectivity index (χ0v) is 38.6. The van der Waals surface area contributed by atoms with E-state index in [4.69, 9.17) is 0 Å². The van der Waals surface area contributed by atoms with Crippen molar-refractivity contribution in [3.05, 3.63) is 273 Å². The van der Waals surface area contributed by atoms with Crippen LogP contribution in [0.3, 0.4) is 0 Å². The van der Waals surface area contributed by atoms with Crippen molar-refractivity contribution < 1.29 is 19.3 Å². The molecule has 0 bridgehead atoms. The fourth-order valence-electron chi connectivity index (χ4n) is 9.41. The van der Waals surface area contributed by atoms with Gasteiger partial charge >= 0.3 is 361 Å². The molecular weight excluding hydrogens is 965 g/mol. The summed E-state index contributed by atoms with van der Waals surface area (Å²) >= 11 is -4.91. The average molecular weight is 1010 g/mol. The van der Waals surface area contributed by atoms with E-state index < -0.39 is 30.6 Å². The van der Waals surface area contributed by atoms with Gasteiger partial charge in [0.25, 0.3) is 0 Å². The van der Waals surface area contributed by atoms with Crippen LogP contribution in [0.4, 0.5) is 0 Å². The monoisotopic (exact) mass is 1010 g/mol. The molecule has 9 rings (SSSR count). The van der Waals surface area contributed by atoms with Crippen LogP contribution in [0.2, 0.25) is 0 Å².